The van der Waals surface area contributed by atoms with Gasteiger partial charge in [0, 0.05) is 16.7 Å². The molecule has 1 aliphatic rings. The van der Waals surface area contributed by atoms with Gasteiger partial charge in [0.2, 0.25) is 10.0 Å². The minimum absolute atomic E-state index is 0.00149. The summed E-state index contributed by atoms with van der Waals surface area (Å²) in [6.07, 6.45) is 4.50. The first-order valence-corrected chi connectivity index (χ1v) is 8.43. The van der Waals surface area contributed by atoms with Gasteiger partial charge in [0.25, 0.3) is 0 Å². The first-order valence-electron chi connectivity index (χ1n) is 5.77. The van der Waals surface area contributed by atoms with E-state index in [0.717, 1.165) is 19.3 Å². The highest BCUT2D eigenvalue weighted by Gasteiger charge is 2.39. The molecule has 1 fully saturated rings. The van der Waals surface area contributed by atoms with Gasteiger partial charge in [-0.3, -0.25) is 0 Å². The molecule has 0 amide bonds. The molecule has 1 N–H and O–H groups in total. The van der Waals surface area contributed by atoms with E-state index in [1.165, 1.54) is 12.3 Å². The van der Waals surface area contributed by atoms with Crippen molar-refractivity contribution in [2.75, 3.05) is 0 Å². The molecule has 1 aromatic rings. The summed E-state index contributed by atoms with van der Waals surface area (Å²) in [6, 6.07) is 1.51. The Morgan fingerprint density at radius 2 is 2.33 bits per heavy atom. The van der Waals surface area contributed by atoms with E-state index in [1.807, 2.05) is 0 Å². The molecular weight excluding hydrogens is 340 g/mol. The summed E-state index contributed by atoms with van der Waals surface area (Å²) in [7, 11) is -3.58. The fraction of sp³-hybridized carbons (Fsp3) is 0.545. The highest BCUT2D eigenvalue weighted by Crippen LogP contribution is 2.36. The number of rotatable bonds is 5. The summed E-state index contributed by atoms with van der Waals surface area (Å²) in [5.74, 6) is 0.462. The summed E-state index contributed by atoms with van der Waals surface area (Å²) < 4.78 is 27.6. The van der Waals surface area contributed by atoms with Crippen LogP contribution >= 0.6 is 27.5 Å². The largest absolute Gasteiger partial charge is 0.243 e. The van der Waals surface area contributed by atoms with Gasteiger partial charge in [-0.15, -0.1) is 0 Å². The van der Waals surface area contributed by atoms with Crippen LogP contribution in [0, 0.1) is 5.92 Å². The lowest BCUT2D eigenvalue weighted by Crippen LogP contribution is -2.27. The fourth-order valence-corrected chi connectivity index (χ4v) is 4.20. The second kappa shape index (κ2) is 5.45. The maximum Gasteiger partial charge on any atom is 0.243 e. The summed E-state index contributed by atoms with van der Waals surface area (Å²) in [5.41, 5.74) is 0. The van der Waals surface area contributed by atoms with Crippen molar-refractivity contribution >= 4 is 37.6 Å². The van der Waals surface area contributed by atoms with Gasteiger partial charge < -0.3 is 0 Å². The maximum atomic E-state index is 12.1. The number of aromatic nitrogens is 1. The molecule has 0 saturated heterocycles. The molecule has 18 heavy (non-hydrogen) atoms. The molecule has 1 heterocycles. The van der Waals surface area contributed by atoms with Gasteiger partial charge in [-0.1, -0.05) is 24.9 Å². The SMILES string of the molecule is CCCC1CC1NS(=O)(=O)c1cc(Br)cnc1Cl. The van der Waals surface area contributed by atoms with Crippen LogP contribution in [0.25, 0.3) is 0 Å². The summed E-state index contributed by atoms with van der Waals surface area (Å²) in [6.45, 7) is 2.10. The Bertz CT molecular complexity index is 550. The van der Waals surface area contributed by atoms with E-state index in [2.05, 4.69) is 32.6 Å². The van der Waals surface area contributed by atoms with E-state index in [-0.39, 0.29) is 16.1 Å². The number of nitrogens with one attached hydrogen (secondary N) is 1. The summed E-state index contributed by atoms with van der Waals surface area (Å²) in [5, 5.41) is -0.00149. The van der Waals surface area contributed by atoms with E-state index in [1.54, 1.807) is 0 Å². The lowest BCUT2D eigenvalue weighted by Gasteiger charge is -2.07. The van der Waals surface area contributed by atoms with Gasteiger partial charge in [0.05, 0.1) is 0 Å². The molecule has 2 atom stereocenters. The van der Waals surface area contributed by atoms with Crippen molar-refractivity contribution in [2.24, 2.45) is 5.92 Å². The van der Waals surface area contributed by atoms with Crippen molar-refractivity contribution in [1.29, 1.82) is 0 Å². The van der Waals surface area contributed by atoms with Crippen LogP contribution in [-0.2, 0) is 10.0 Å². The van der Waals surface area contributed by atoms with Crippen LogP contribution in [0.3, 0.4) is 0 Å². The molecule has 1 aliphatic carbocycles. The number of hydrogen-bond donors (Lipinski definition) is 1. The Balaban J connectivity index is 2.14. The maximum absolute atomic E-state index is 12.1. The average Bonchev–Trinajstić information content (AvgIpc) is 2.99. The zero-order valence-electron chi connectivity index (χ0n) is 9.86. The summed E-state index contributed by atoms with van der Waals surface area (Å²) in [4.78, 5) is 3.86. The molecule has 0 aromatic carbocycles. The van der Waals surface area contributed by atoms with E-state index in [0.29, 0.717) is 10.4 Å². The molecule has 0 spiro atoms. The predicted octanol–water partition coefficient (Wildman–Crippen LogP) is 2.96. The molecule has 4 nitrogen and oxygen atoms in total. The van der Waals surface area contributed by atoms with Crippen molar-refractivity contribution in [3.8, 4) is 0 Å². The van der Waals surface area contributed by atoms with Crippen molar-refractivity contribution in [3.05, 3.63) is 21.9 Å². The van der Waals surface area contributed by atoms with Crippen LogP contribution in [0.1, 0.15) is 26.2 Å². The first kappa shape index (κ1) is 14.2. The van der Waals surface area contributed by atoms with Crippen LogP contribution < -0.4 is 4.72 Å². The quantitative estimate of drug-likeness (QED) is 0.828. The fourth-order valence-electron chi connectivity index (χ4n) is 1.94. The minimum atomic E-state index is -3.58. The van der Waals surface area contributed by atoms with Gasteiger partial charge in [-0.2, -0.15) is 0 Å². The molecule has 0 radical (unpaired) electrons. The Labute approximate surface area is 120 Å². The van der Waals surface area contributed by atoms with Gasteiger partial charge in [0.15, 0.2) is 0 Å². The van der Waals surface area contributed by atoms with Crippen molar-refractivity contribution in [1.82, 2.24) is 9.71 Å². The predicted molar refractivity (Wildman–Crippen MR) is 74.1 cm³/mol. The number of nitrogens with zero attached hydrogens (tertiary/aromatic N) is 1. The van der Waals surface area contributed by atoms with Crippen molar-refractivity contribution in [3.63, 3.8) is 0 Å². The highest BCUT2D eigenvalue weighted by atomic mass is 79.9. The van der Waals surface area contributed by atoms with Crippen LogP contribution in [0.5, 0.6) is 0 Å². The summed E-state index contributed by atoms with van der Waals surface area (Å²) >= 11 is 9.03. The second-order valence-corrected chi connectivity index (χ2v) is 7.41. The third-order valence-electron chi connectivity index (χ3n) is 2.95. The number of pyridine rings is 1. The zero-order chi connectivity index (χ0) is 13.3. The Morgan fingerprint density at radius 1 is 1.61 bits per heavy atom. The number of hydrogen-bond acceptors (Lipinski definition) is 3. The molecular formula is C11H14BrClN2O2S. The smallest absolute Gasteiger partial charge is 0.242 e. The monoisotopic (exact) mass is 352 g/mol. The van der Waals surface area contributed by atoms with Crippen molar-refractivity contribution in [2.45, 2.75) is 37.1 Å². The Hall–Kier alpha value is -0.170. The second-order valence-electron chi connectivity index (χ2n) is 4.45. The zero-order valence-corrected chi connectivity index (χ0v) is 13.0. The molecule has 0 bridgehead atoms. The molecule has 0 aliphatic heterocycles. The number of sulfonamides is 1. The highest BCUT2D eigenvalue weighted by molar-refractivity contribution is 9.10. The lowest BCUT2D eigenvalue weighted by atomic mass is 10.2. The normalized spacial score (nSPS) is 23.1. The third kappa shape index (κ3) is 3.23. The molecule has 100 valence electrons. The van der Waals surface area contributed by atoms with E-state index in [4.69, 9.17) is 11.6 Å². The number of halogens is 2. The van der Waals surface area contributed by atoms with Crippen LogP contribution in [0.2, 0.25) is 5.15 Å². The van der Waals surface area contributed by atoms with E-state index < -0.39 is 10.0 Å². The van der Waals surface area contributed by atoms with Crippen LogP contribution in [0.15, 0.2) is 21.6 Å². The van der Waals surface area contributed by atoms with E-state index in [9.17, 15) is 8.42 Å². The molecule has 2 rings (SSSR count). The van der Waals surface area contributed by atoms with Gasteiger partial charge in [0.1, 0.15) is 10.0 Å². The molecule has 1 saturated carbocycles. The Kier molecular flexibility index (Phi) is 4.31. The Morgan fingerprint density at radius 3 is 3.00 bits per heavy atom. The van der Waals surface area contributed by atoms with Gasteiger partial charge >= 0.3 is 0 Å². The van der Waals surface area contributed by atoms with Crippen LogP contribution in [0.4, 0.5) is 0 Å². The van der Waals surface area contributed by atoms with Crippen LogP contribution in [-0.4, -0.2) is 19.4 Å². The first-order chi connectivity index (χ1) is 8.44. The lowest BCUT2D eigenvalue weighted by molar-refractivity contribution is 0.572. The standard InChI is InChI=1S/C11H14BrClN2O2S/c1-2-3-7-4-9(7)15-18(16,17)10-5-8(12)6-14-11(10)13/h5-7,9,15H,2-4H2,1H3. The van der Waals surface area contributed by atoms with Gasteiger partial charge in [-0.25, -0.2) is 18.1 Å². The van der Waals surface area contributed by atoms with Gasteiger partial charge in [-0.05, 0) is 40.8 Å². The third-order valence-corrected chi connectivity index (χ3v) is 5.30. The molecule has 2 unspecified atom stereocenters. The van der Waals surface area contributed by atoms with Crippen molar-refractivity contribution < 1.29 is 8.42 Å². The average molecular weight is 354 g/mol. The van der Waals surface area contributed by atoms with E-state index >= 15 is 0 Å². The topological polar surface area (TPSA) is 59.1 Å². The molecule has 1 aromatic heterocycles. The minimum Gasteiger partial charge on any atom is -0.242 e. The molecule has 7 heteroatoms.